The summed E-state index contributed by atoms with van der Waals surface area (Å²) in [5.74, 6) is -5.24. The molecule has 0 aliphatic heterocycles. The highest BCUT2D eigenvalue weighted by atomic mass is 79.9. The Morgan fingerprint density at radius 2 is 1.86 bits per heavy atom. The van der Waals surface area contributed by atoms with E-state index in [0.717, 1.165) is 23.7 Å². The van der Waals surface area contributed by atoms with Crippen LogP contribution in [0.25, 0.3) is 5.57 Å². The molecule has 0 aliphatic carbocycles. The molecule has 1 aromatic carbocycles. The van der Waals surface area contributed by atoms with Crippen LogP contribution in [0.2, 0.25) is 0 Å². The van der Waals surface area contributed by atoms with E-state index in [-0.39, 0.29) is 12.2 Å². The summed E-state index contributed by atoms with van der Waals surface area (Å²) in [6, 6.07) is 6.20. The summed E-state index contributed by atoms with van der Waals surface area (Å²) in [6.07, 6.45) is 3.49. The van der Waals surface area contributed by atoms with Crippen LogP contribution in [-0.2, 0) is 9.53 Å². The van der Waals surface area contributed by atoms with Crippen LogP contribution in [0.1, 0.15) is 38.2 Å². The van der Waals surface area contributed by atoms with Crippen molar-refractivity contribution in [3.63, 3.8) is 0 Å². The molecule has 0 aromatic heterocycles. The first-order chi connectivity index (χ1) is 9.89. The van der Waals surface area contributed by atoms with Crippen molar-refractivity contribution in [1.82, 2.24) is 0 Å². The van der Waals surface area contributed by atoms with Crippen LogP contribution in [0.4, 0.5) is 8.78 Å². The number of carbonyl (C=O) groups is 1. The smallest absolute Gasteiger partial charge is 0.381 e. The van der Waals surface area contributed by atoms with Crippen molar-refractivity contribution in [3.8, 4) is 0 Å². The van der Waals surface area contributed by atoms with Crippen LogP contribution in [-0.4, -0.2) is 18.5 Å². The SMILES string of the molecule is C=C(c1ccc(Br)cc1)C(F)(F)C(=O)OCCCCCC. The number of benzene rings is 1. The molecule has 0 saturated heterocycles. The van der Waals surface area contributed by atoms with E-state index in [2.05, 4.69) is 27.2 Å². The van der Waals surface area contributed by atoms with Gasteiger partial charge in [-0.15, -0.1) is 0 Å². The highest BCUT2D eigenvalue weighted by Crippen LogP contribution is 2.32. The maximum Gasteiger partial charge on any atom is 0.381 e. The van der Waals surface area contributed by atoms with Gasteiger partial charge in [-0.2, -0.15) is 8.78 Å². The molecular weight excluding hydrogens is 342 g/mol. The van der Waals surface area contributed by atoms with Crippen LogP contribution in [0.15, 0.2) is 35.3 Å². The number of esters is 1. The molecule has 21 heavy (non-hydrogen) atoms. The fourth-order valence-corrected chi connectivity index (χ4v) is 2.00. The second kappa shape index (κ2) is 8.27. The molecule has 1 aromatic rings. The second-order valence-corrected chi connectivity index (χ2v) is 5.67. The number of hydrogen-bond donors (Lipinski definition) is 0. The second-order valence-electron chi connectivity index (χ2n) is 4.76. The molecule has 0 radical (unpaired) electrons. The molecule has 5 heteroatoms. The van der Waals surface area contributed by atoms with Gasteiger partial charge in [0.2, 0.25) is 0 Å². The van der Waals surface area contributed by atoms with E-state index in [9.17, 15) is 13.6 Å². The third kappa shape index (κ3) is 5.23. The fraction of sp³-hybridized carbons (Fsp3) is 0.438. The fourth-order valence-electron chi connectivity index (χ4n) is 1.74. The van der Waals surface area contributed by atoms with Gasteiger partial charge in [-0.25, -0.2) is 4.79 Å². The molecule has 0 N–H and O–H groups in total. The van der Waals surface area contributed by atoms with E-state index in [0.29, 0.717) is 6.42 Å². The number of hydrogen-bond acceptors (Lipinski definition) is 2. The summed E-state index contributed by atoms with van der Waals surface area (Å²) in [5.41, 5.74) is -0.334. The van der Waals surface area contributed by atoms with Crippen molar-refractivity contribution in [1.29, 1.82) is 0 Å². The predicted octanol–water partition coefficient (Wildman–Crippen LogP) is 5.22. The summed E-state index contributed by atoms with van der Waals surface area (Å²) in [6.45, 7) is 5.40. The van der Waals surface area contributed by atoms with Crippen LogP contribution >= 0.6 is 15.9 Å². The largest absolute Gasteiger partial charge is 0.461 e. The molecule has 1 rings (SSSR count). The van der Waals surface area contributed by atoms with Gasteiger partial charge in [-0.1, -0.05) is 60.8 Å². The van der Waals surface area contributed by atoms with Gasteiger partial charge in [0.15, 0.2) is 0 Å². The van der Waals surface area contributed by atoms with Crippen molar-refractivity contribution in [3.05, 3.63) is 40.9 Å². The summed E-state index contributed by atoms with van der Waals surface area (Å²) in [4.78, 5) is 11.5. The number of unbranched alkanes of at least 4 members (excludes halogenated alkanes) is 3. The molecule has 0 heterocycles. The van der Waals surface area contributed by atoms with Crippen LogP contribution in [0.5, 0.6) is 0 Å². The number of halogens is 3. The minimum atomic E-state index is -3.71. The number of carbonyl (C=O) groups excluding carboxylic acids is 1. The predicted molar refractivity (Wildman–Crippen MR) is 83.2 cm³/mol. The van der Waals surface area contributed by atoms with E-state index in [1.165, 1.54) is 12.1 Å². The lowest BCUT2D eigenvalue weighted by Gasteiger charge is -2.18. The summed E-state index contributed by atoms with van der Waals surface area (Å²) in [5, 5.41) is 0. The van der Waals surface area contributed by atoms with Crippen molar-refractivity contribution in [2.75, 3.05) is 6.61 Å². The Balaban J connectivity index is 2.60. The van der Waals surface area contributed by atoms with E-state index in [1.807, 2.05) is 6.92 Å². The molecule has 0 saturated carbocycles. The van der Waals surface area contributed by atoms with Gasteiger partial charge in [0.25, 0.3) is 0 Å². The molecular formula is C16H19BrF2O2. The maximum absolute atomic E-state index is 14.0. The Morgan fingerprint density at radius 1 is 1.24 bits per heavy atom. The maximum atomic E-state index is 14.0. The number of ether oxygens (including phenoxy) is 1. The first kappa shape index (κ1) is 17.8. The molecule has 0 atom stereocenters. The van der Waals surface area contributed by atoms with Crippen LogP contribution in [0, 0.1) is 0 Å². The van der Waals surface area contributed by atoms with Gasteiger partial charge in [0.1, 0.15) is 0 Å². The molecule has 116 valence electrons. The number of rotatable bonds is 8. The zero-order valence-electron chi connectivity index (χ0n) is 12.0. The van der Waals surface area contributed by atoms with E-state index < -0.39 is 17.5 Å². The average molecular weight is 361 g/mol. The Morgan fingerprint density at radius 3 is 2.43 bits per heavy atom. The third-order valence-corrected chi connectivity index (χ3v) is 3.59. The summed E-state index contributed by atoms with van der Waals surface area (Å²) >= 11 is 3.22. The van der Waals surface area contributed by atoms with E-state index in [1.54, 1.807) is 12.1 Å². The highest BCUT2D eigenvalue weighted by Gasteiger charge is 2.44. The normalized spacial score (nSPS) is 11.2. The average Bonchev–Trinajstić information content (AvgIpc) is 2.46. The van der Waals surface area contributed by atoms with E-state index >= 15 is 0 Å². The van der Waals surface area contributed by atoms with Gasteiger partial charge in [0, 0.05) is 10.0 Å². The van der Waals surface area contributed by atoms with Gasteiger partial charge < -0.3 is 4.74 Å². The Kier molecular flexibility index (Phi) is 7.02. The molecule has 0 amide bonds. The minimum absolute atomic E-state index is 0.0159. The lowest BCUT2D eigenvalue weighted by Crippen LogP contribution is -2.32. The van der Waals surface area contributed by atoms with Gasteiger partial charge in [-0.05, 0) is 24.1 Å². The van der Waals surface area contributed by atoms with E-state index in [4.69, 9.17) is 0 Å². The zero-order chi connectivity index (χ0) is 15.9. The summed E-state index contributed by atoms with van der Waals surface area (Å²) < 4.78 is 33.4. The quantitative estimate of drug-likeness (QED) is 0.469. The topological polar surface area (TPSA) is 26.3 Å². The first-order valence-electron chi connectivity index (χ1n) is 6.90. The molecule has 0 aliphatic rings. The van der Waals surface area contributed by atoms with Crippen LogP contribution in [0.3, 0.4) is 0 Å². The van der Waals surface area contributed by atoms with Crippen molar-refractivity contribution in [2.45, 2.75) is 38.5 Å². The lowest BCUT2D eigenvalue weighted by molar-refractivity contribution is -0.163. The molecule has 0 bridgehead atoms. The third-order valence-electron chi connectivity index (χ3n) is 3.06. The standard InChI is InChI=1S/C16H19BrF2O2/c1-3-4-5-6-11-21-15(20)16(18,19)12(2)13-7-9-14(17)10-8-13/h7-10H,2-6,11H2,1H3. The van der Waals surface area contributed by atoms with Gasteiger partial charge in [-0.3, -0.25) is 0 Å². The Bertz CT molecular complexity index is 484. The lowest BCUT2D eigenvalue weighted by atomic mass is 10.0. The Labute approximate surface area is 132 Å². The highest BCUT2D eigenvalue weighted by molar-refractivity contribution is 9.10. The first-order valence-corrected chi connectivity index (χ1v) is 7.69. The van der Waals surface area contributed by atoms with Gasteiger partial charge >= 0.3 is 11.9 Å². The molecule has 0 fully saturated rings. The minimum Gasteiger partial charge on any atom is -0.461 e. The molecule has 2 nitrogen and oxygen atoms in total. The van der Waals surface area contributed by atoms with Crippen molar-refractivity contribution >= 4 is 27.5 Å². The van der Waals surface area contributed by atoms with Crippen molar-refractivity contribution < 1.29 is 18.3 Å². The molecule has 0 spiro atoms. The summed E-state index contributed by atoms with van der Waals surface area (Å²) in [7, 11) is 0. The molecule has 0 unspecified atom stereocenters. The van der Waals surface area contributed by atoms with Crippen molar-refractivity contribution in [2.24, 2.45) is 0 Å². The zero-order valence-corrected chi connectivity index (χ0v) is 13.6. The number of alkyl halides is 2. The monoisotopic (exact) mass is 360 g/mol. The van der Waals surface area contributed by atoms with Crippen LogP contribution < -0.4 is 0 Å². The Hall–Kier alpha value is -1.23. The van der Waals surface area contributed by atoms with Gasteiger partial charge in [0.05, 0.1) is 6.61 Å².